The van der Waals surface area contributed by atoms with Gasteiger partial charge in [-0.3, -0.25) is 0 Å². The van der Waals surface area contributed by atoms with Gasteiger partial charge in [0, 0.05) is 25.6 Å². The van der Waals surface area contributed by atoms with Crippen molar-refractivity contribution < 1.29 is 4.74 Å². The molecule has 5 heteroatoms. The van der Waals surface area contributed by atoms with Crippen LogP contribution in [0.2, 0.25) is 0 Å². The smallest absolute Gasteiger partial charge is 0.138 e. The fourth-order valence-corrected chi connectivity index (χ4v) is 2.65. The summed E-state index contributed by atoms with van der Waals surface area (Å²) in [4.78, 5) is 4.44. The van der Waals surface area contributed by atoms with Crippen molar-refractivity contribution in [3.63, 3.8) is 0 Å². The summed E-state index contributed by atoms with van der Waals surface area (Å²) >= 11 is 0. The average Bonchev–Trinajstić information content (AvgIpc) is 2.78. The zero-order valence-electron chi connectivity index (χ0n) is 14.7. The van der Waals surface area contributed by atoms with E-state index in [9.17, 15) is 0 Å². The van der Waals surface area contributed by atoms with E-state index >= 15 is 0 Å². The van der Waals surface area contributed by atoms with Crippen LogP contribution >= 0.6 is 0 Å². The number of aromatic nitrogens is 3. The molecule has 0 aliphatic heterocycles. The lowest BCUT2D eigenvalue weighted by atomic mass is 9.83. The standard InChI is InChI=1S/C16H32N4O/c1-8-21-15(16(4,5)6)13(17-7)9-14-18-11-19-20(14)10-12(2)3/h11-13,15,17H,8-10H2,1-7H3. The molecule has 1 rings (SSSR count). The molecule has 0 aromatic carbocycles. The van der Waals surface area contributed by atoms with Crippen LogP contribution < -0.4 is 5.32 Å². The number of ether oxygens (including phenoxy) is 1. The Balaban J connectivity index is 2.88. The van der Waals surface area contributed by atoms with E-state index in [1.54, 1.807) is 6.33 Å². The third kappa shape index (κ3) is 5.40. The molecule has 0 fully saturated rings. The lowest BCUT2D eigenvalue weighted by molar-refractivity contribution is -0.0346. The summed E-state index contributed by atoms with van der Waals surface area (Å²) in [6.07, 6.45) is 2.61. The van der Waals surface area contributed by atoms with E-state index in [0.717, 1.165) is 25.4 Å². The van der Waals surface area contributed by atoms with Gasteiger partial charge in [-0.1, -0.05) is 34.6 Å². The van der Waals surface area contributed by atoms with Gasteiger partial charge in [-0.15, -0.1) is 0 Å². The summed E-state index contributed by atoms with van der Waals surface area (Å²) in [7, 11) is 1.99. The predicted octanol–water partition coefficient (Wildman–Crippen LogP) is 2.52. The lowest BCUT2D eigenvalue weighted by Crippen LogP contribution is -2.48. The monoisotopic (exact) mass is 296 g/mol. The maximum atomic E-state index is 6.01. The summed E-state index contributed by atoms with van der Waals surface area (Å²) in [5, 5.41) is 7.75. The Hall–Kier alpha value is -0.940. The first kappa shape index (κ1) is 18.1. The maximum absolute atomic E-state index is 6.01. The van der Waals surface area contributed by atoms with Gasteiger partial charge < -0.3 is 10.1 Å². The van der Waals surface area contributed by atoms with Gasteiger partial charge in [-0.25, -0.2) is 9.67 Å². The fourth-order valence-electron chi connectivity index (χ4n) is 2.65. The summed E-state index contributed by atoms with van der Waals surface area (Å²) < 4.78 is 8.02. The van der Waals surface area contributed by atoms with Crippen LogP contribution in [0, 0.1) is 11.3 Å². The molecule has 1 aromatic rings. The van der Waals surface area contributed by atoms with E-state index in [2.05, 4.69) is 50.0 Å². The fraction of sp³-hybridized carbons (Fsp3) is 0.875. The number of nitrogens with zero attached hydrogens (tertiary/aromatic N) is 3. The Morgan fingerprint density at radius 2 is 2.00 bits per heavy atom. The largest absolute Gasteiger partial charge is 0.376 e. The number of hydrogen-bond donors (Lipinski definition) is 1. The Labute approximate surface area is 129 Å². The van der Waals surface area contributed by atoms with E-state index in [1.165, 1.54) is 0 Å². The summed E-state index contributed by atoms with van der Waals surface area (Å²) in [6.45, 7) is 14.7. The van der Waals surface area contributed by atoms with E-state index < -0.39 is 0 Å². The minimum absolute atomic E-state index is 0.0760. The Morgan fingerprint density at radius 1 is 1.33 bits per heavy atom. The molecule has 0 aliphatic carbocycles. The molecule has 0 bridgehead atoms. The molecule has 2 unspecified atom stereocenters. The quantitative estimate of drug-likeness (QED) is 0.801. The molecule has 5 nitrogen and oxygen atoms in total. The predicted molar refractivity (Wildman–Crippen MR) is 86.3 cm³/mol. The molecule has 0 spiro atoms. The van der Waals surface area contributed by atoms with E-state index in [4.69, 9.17) is 4.74 Å². The lowest BCUT2D eigenvalue weighted by Gasteiger charge is -2.36. The highest BCUT2D eigenvalue weighted by atomic mass is 16.5. The second-order valence-electron chi connectivity index (χ2n) is 7.09. The zero-order valence-corrected chi connectivity index (χ0v) is 14.7. The van der Waals surface area contributed by atoms with Gasteiger partial charge in [0.25, 0.3) is 0 Å². The normalized spacial score (nSPS) is 15.4. The average molecular weight is 296 g/mol. The van der Waals surface area contributed by atoms with Crippen LogP contribution in [0.1, 0.15) is 47.4 Å². The molecular weight excluding hydrogens is 264 g/mol. The van der Waals surface area contributed by atoms with Crippen LogP contribution in [0.5, 0.6) is 0 Å². The van der Waals surface area contributed by atoms with Gasteiger partial charge in [0.1, 0.15) is 12.2 Å². The SMILES string of the molecule is CCOC(C(Cc1ncnn1CC(C)C)NC)C(C)(C)C. The topological polar surface area (TPSA) is 52.0 Å². The first-order chi connectivity index (χ1) is 9.79. The van der Waals surface area contributed by atoms with Crippen LogP contribution in [0.25, 0.3) is 0 Å². The Morgan fingerprint density at radius 3 is 2.48 bits per heavy atom. The van der Waals surface area contributed by atoms with Crippen molar-refractivity contribution in [1.82, 2.24) is 20.1 Å². The Kier molecular flexibility index (Phi) is 6.81. The molecule has 1 N–H and O–H groups in total. The molecule has 122 valence electrons. The minimum atomic E-state index is 0.0760. The van der Waals surface area contributed by atoms with Crippen molar-refractivity contribution in [2.45, 2.75) is 66.7 Å². The maximum Gasteiger partial charge on any atom is 0.138 e. The van der Waals surface area contributed by atoms with Gasteiger partial charge in [0.05, 0.1) is 6.10 Å². The minimum Gasteiger partial charge on any atom is -0.376 e. The third-order valence-electron chi connectivity index (χ3n) is 3.57. The van der Waals surface area contributed by atoms with Crippen molar-refractivity contribution in [1.29, 1.82) is 0 Å². The molecule has 0 amide bonds. The molecule has 0 radical (unpaired) electrons. The molecular formula is C16H32N4O. The molecule has 0 saturated heterocycles. The highest BCUT2D eigenvalue weighted by Crippen LogP contribution is 2.26. The zero-order chi connectivity index (χ0) is 16.0. The summed E-state index contributed by atoms with van der Waals surface area (Å²) in [6, 6.07) is 0.222. The molecule has 21 heavy (non-hydrogen) atoms. The first-order valence-corrected chi connectivity index (χ1v) is 7.95. The summed E-state index contributed by atoms with van der Waals surface area (Å²) in [5.41, 5.74) is 0.0760. The van der Waals surface area contributed by atoms with Crippen LogP contribution in [0.4, 0.5) is 0 Å². The number of hydrogen-bond acceptors (Lipinski definition) is 4. The molecule has 0 saturated carbocycles. The summed E-state index contributed by atoms with van der Waals surface area (Å²) in [5.74, 6) is 1.58. The second-order valence-corrected chi connectivity index (χ2v) is 7.09. The second kappa shape index (κ2) is 7.90. The molecule has 1 heterocycles. The Bertz CT molecular complexity index is 409. The van der Waals surface area contributed by atoms with Gasteiger partial charge >= 0.3 is 0 Å². The number of nitrogens with one attached hydrogen (secondary N) is 1. The number of likely N-dealkylation sites (N-methyl/N-ethyl adjacent to an activating group) is 1. The van der Waals surface area contributed by atoms with Crippen LogP contribution in [-0.4, -0.2) is 40.6 Å². The van der Waals surface area contributed by atoms with E-state index in [0.29, 0.717) is 5.92 Å². The third-order valence-corrected chi connectivity index (χ3v) is 3.57. The van der Waals surface area contributed by atoms with Crippen molar-refractivity contribution in [2.75, 3.05) is 13.7 Å². The molecule has 0 aliphatic rings. The van der Waals surface area contributed by atoms with Gasteiger partial charge in [0.2, 0.25) is 0 Å². The van der Waals surface area contributed by atoms with Crippen molar-refractivity contribution >= 4 is 0 Å². The van der Waals surface area contributed by atoms with Crippen LogP contribution in [0.3, 0.4) is 0 Å². The molecule has 1 aromatic heterocycles. The van der Waals surface area contributed by atoms with Crippen molar-refractivity contribution in [3.05, 3.63) is 12.2 Å². The number of rotatable bonds is 8. The van der Waals surface area contributed by atoms with E-state index in [-0.39, 0.29) is 17.6 Å². The van der Waals surface area contributed by atoms with Crippen molar-refractivity contribution in [3.8, 4) is 0 Å². The van der Waals surface area contributed by atoms with E-state index in [1.807, 2.05) is 18.7 Å². The highest BCUT2D eigenvalue weighted by molar-refractivity contribution is 4.96. The van der Waals surface area contributed by atoms with Gasteiger partial charge in [-0.2, -0.15) is 5.10 Å². The van der Waals surface area contributed by atoms with Crippen LogP contribution in [0.15, 0.2) is 6.33 Å². The van der Waals surface area contributed by atoms with Gasteiger partial charge in [-0.05, 0) is 25.3 Å². The van der Waals surface area contributed by atoms with Crippen molar-refractivity contribution in [2.24, 2.45) is 11.3 Å². The first-order valence-electron chi connectivity index (χ1n) is 7.95. The van der Waals surface area contributed by atoms with Crippen LogP contribution in [-0.2, 0) is 17.7 Å². The molecule has 2 atom stereocenters. The highest BCUT2D eigenvalue weighted by Gasteiger charge is 2.33. The van der Waals surface area contributed by atoms with Gasteiger partial charge in [0.15, 0.2) is 0 Å².